The first kappa shape index (κ1) is 8.53. The van der Waals surface area contributed by atoms with E-state index in [1.165, 1.54) is 0 Å². The molecule has 3 heteroatoms. The predicted molar refractivity (Wildman–Crippen MR) is 42.3 cm³/mol. The van der Waals surface area contributed by atoms with Gasteiger partial charge in [-0.2, -0.15) is 0 Å². The van der Waals surface area contributed by atoms with Gasteiger partial charge in [0, 0.05) is 5.54 Å². The van der Waals surface area contributed by atoms with Crippen molar-refractivity contribution in [3.63, 3.8) is 0 Å². The van der Waals surface area contributed by atoms with Crippen LogP contribution in [0, 0.1) is 0 Å². The van der Waals surface area contributed by atoms with Crippen molar-refractivity contribution in [1.29, 1.82) is 0 Å². The number of carbonyl (C=O) groups is 1. The van der Waals surface area contributed by atoms with Crippen LogP contribution in [-0.4, -0.2) is 24.7 Å². The Morgan fingerprint density at radius 1 is 1.73 bits per heavy atom. The fourth-order valence-corrected chi connectivity index (χ4v) is 1.23. The van der Waals surface area contributed by atoms with Crippen molar-refractivity contribution >= 4 is 5.97 Å². The lowest BCUT2D eigenvalue weighted by Crippen LogP contribution is -2.55. The van der Waals surface area contributed by atoms with Gasteiger partial charge in [-0.3, -0.25) is 4.79 Å². The first-order valence-corrected chi connectivity index (χ1v) is 4.07. The Morgan fingerprint density at radius 3 is 2.73 bits per heavy atom. The number of ether oxygens (including phenoxy) is 1. The Bertz CT molecular complexity index is 152. The monoisotopic (exact) mass is 157 g/mol. The first-order chi connectivity index (χ1) is 5.16. The predicted octanol–water partition coefficient (Wildman–Crippen LogP) is 0.692. The number of esters is 1. The van der Waals surface area contributed by atoms with E-state index in [-0.39, 0.29) is 11.5 Å². The number of rotatable bonds is 3. The Labute approximate surface area is 67.1 Å². The summed E-state index contributed by atoms with van der Waals surface area (Å²) < 4.78 is 4.83. The van der Waals surface area contributed by atoms with E-state index in [1.807, 2.05) is 13.8 Å². The zero-order valence-electron chi connectivity index (χ0n) is 7.14. The van der Waals surface area contributed by atoms with Gasteiger partial charge in [0.2, 0.25) is 0 Å². The van der Waals surface area contributed by atoms with Crippen molar-refractivity contribution < 1.29 is 9.53 Å². The molecule has 0 spiro atoms. The molecule has 0 saturated carbocycles. The van der Waals surface area contributed by atoms with Gasteiger partial charge in [0.25, 0.3) is 0 Å². The van der Waals surface area contributed by atoms with E-state index in [0.29, 0.717) is 13.0 Å². The molecule has 0 aromatic rings. The summed E-state index contributed by atoms with van der Waals surface area (Å²) >= 11 is 0. The molecular formula is C8H15NO2. The van der Waals surface area contributed by atoms with Gasteiger partial charge in [0.15, 0.2) is 0 Å². The zero-order valence-corrected chi connectivity index (χ0v) is 7.14. The Hall–Kier alpha value is -0.570. The summed E-state index contributed by atoms with van der Waals surface area (Å²) in [6.45, 7) is 5.38. The molecule has 11 heavy (non-hydrogen) atoms. The molecule has 64 valence electrons. The van der Waals surface area contributed by atoms with Crippen molar-refractivity contribution in [3.8, 4) is 0 Å². The minimum atomic E-state index is -0.0952. The van der Waals surface area contributed by atoms with Crippen LogP contribution in [-0.2, 0) is 9.53 Å². The molecule has 0 radical (unpaired) electrons. The van der Waals surface area contributed by atoms with E-state index in [2.05, 4.69) is 5.32 Å². The van der Waals surface area contributed by atoms with Gasteiger partial charge in [0.05, 0.1) is 13.0 Å². The van der Waals surface area contributed by atoms with Crippen LogP contribution in [0.5, 0.6) is 0 Å². The summed E-state index contributed by atoms with van der Waals surface area (Å²) in [6, 6.07) is 0. The second kappa shape index (κ2) is 3.22. The maximum Gasteiger partial charge on any atom is 0.307 e. The third-order valence-corrected chi connectivity index (χ3v) is 2.07. The number of nitrogens with one attached hydrogen (secondary N) is 1. The lowest BCUT2D eigenvalue weighted by atomic mass is 9.87. The second-order valence-electron chi connectivity index (χ2n) is 3.22. The average Bonchev–Trinajstić information content (AvgIpc) is 1.85. The topological polar surface area (TPSA) is 38.3 Å². The molecule has 0 aromatic carbocycles. The maximum atomic E-state index is 11.0. The normalized spacial score (nSPS) is 29.3. The SMILES string of the molecule is CCOC(=O)CC1(C)CCN1. The van der Waals surface area contributed by atoms with Gasteiger partial charge in [-0.15, -0.1) is 0 Å². The largest absolute Gasteiger partial charge is 0.466 e. The van der Waals surface area contributed by atoms with Crippen LogP contribution in [0.15, 0.2) is 0 Å². The van der Waals surface area contributed by atoms with Gasteiger partial charge in [-0.25, -0.2) is 0 Å². The number of hydrogen-bond donors (Lipinski definition) is 1. The molecule has 1 fully saturated rings. The summed E-state index contributed by atoms with van der Waals surface area (Å²) in [5.74, 6) is -0.0952. The summed E-state index contributed by atoms with van der Waals surface area (Å²) in [5.41, 5.74) is 0.0201. The standard InChI is InChI=1S/C8H15NO2/c1-3-11-7(10)6-8(2)4-5-9-8/h9H,3-6H2,1-2H3. The summed E-state index contributed by atoms with van der Waals surface area (Å²) in [6.07, 6.45) is 1.58. The summed E-state index contributed by atoms with van der Waals surface area (Å²) in [4.78, 5) is 11.0. The molecule has 1 unspecified atom stereocenters. The fraction of sp³-hybridized carbons (Fsp3) is 0.875. The van der Waals surface area contributed by atoms with E-state index >= 15 is 0 Å². The van der Waals surface area contributed by atoms with Crippen molar-refractivity contribution in [2.45, 2.75) is 32.2 Å². The number of hydrogen-bond acceptors (Lipinski definition) is 3. The summed E-state index contributed by atoms with van der Waals surface area (Å²) in [5, 5.41) is 3.21. The molecule has 1 aliphatic heterocycles. The average molecular weight is 157 g/mol. The van der Waals surface area contributed by atoms with Crippen LogP contribution in [0.25, 0.3) is 0 Å². The Kier molecular flexibility index (Phi) is 2.49. The van der Waals surface area contributed by atoms with Gasteiger partial charge >= 0.3 is 5.97 Å². The highest BCUT2D eigenvalue weighted by Crippen LogP contribution is 2.21. The molecule has 0 bridgehead atoms. The van der Waals surface area contributed by atoms with Crippen LogP contribution in [0.2, 0.25) is 0 Å². The van der Waals surface area contributed by atoms with E-state index < -0.39 is 0 Å². The Morgan fingerprint density at radius 2 is 2.36 bits per heavy atom. The van der Waals surface area contributed by atoms with Crippen LogP contribution >= 0.6 is 0 Å². The lowest BCUT2D eigenvalue weighted by Gasteiger charge is -2.39. The molecule has 1 N–H and O–H groups in total. The van der Waals surface area contributed by atoms with E-state index in [4.69, 9.17) is 4.74 Å². The van der Waals surface area contributed by atoms with Gasteiger partial charge in [0.1, 0.15) is 0 Å². The molecule has 1 atom stereocenters. The highest BCUT2D eigenvalue weighted by atomic mass is 16.5. The smallest absolute Gasteiger partial charge is 0.307 e. The highest BCUT2D eigenvalue weighted by molar-refractivity contribution is 5.71. The molecule has 1 saturated heterocycles. The second-order valence-corrected chi connectivity index (χ2v) is 3.22. The minimum absolute atomic E-state index is 0.0201. The lowest BCUT2D eigenvalue weighted by molar-refractivity contribution is -0.145. The van der Waals surface area contributed by atoms with Crippen molar-refractivity contribution in [3.05, 3.63) is 0 Å². The molecule has 0 amide bonds. The summed E-state index contributed by atoms with van der Waals surface area (Å²) in [7, 11) is 0. The maximum absolute atomic E-state index is 11.0. The van der Waals surface area contributed by atoms with Gasteiger partial charge in [-0.1, -0.05) is 0 Å². The molecule has 1 rings (SSSR count). The molecule has 3 nitrogen and oxygen atoms in total. The van der Waals surface area contributed by atoms with E-state index in [9.17, 15) is 4.79 Å². The first-order valence-electron chi connectivity index (χ1n) is 4.07. The van der Waals surface area contributed by atoms with Crippen molar-refractivity contribution in [2.75, 3.05) is 13.2 Å². The highest BCUT2D eigenvalue weighted by Gasteiger charge is 2.33. The fourth-order valence-electron chi connectivity index (χ4n) is 1.23. The molecule has 1 aliphatic rings. The molecule has 0 aliphatic carbocycles. The van der Waals surface area contributed by atoms with E-state index in [1.54, 1.807) is 0 Å². The molecule has 1 heterocycles. The van der Waals surface area contributed by atoms with Crippen molar-refractivity contribution in [2.24, 2.45) is 0 Å². The van der Waals surface area contributed by atoms with Gasteiger partial charge < -0.3 is 10.1 Å². The quantitative estimate of drug-likeness (QED) is 0.612. The van der Waals surface area contributed by atoms with Crippen molar-refractivity contribution in [1.82, 2.24) is 5.32 Å². The van der Waals surface area contributed by atoms with Crippen LogP contribution < -0.4 is 5.32 Å². The minimum Gasteiger partial charge on any atom is -0.466 e. The van der Waals surface area contributed by atoms with Gasteiger partial charge in [-0.05, 0) is 26.8 Å². The van der Waals surface area contributed by atoms with Crippen LogP contribution in [0.3, 0.4) is 0 Å². The molecule has 0 aromatic heterocycles. The number of carbonyl (C=O) groups excluding carboxylic acids is 1. The zero-order chi connectivity index (χ0) is 8.32. The Balaban J connectivity index is 2.23. The third-order valence-electron chi connectivity index (χ3n) is 2.07. The molecular weight excluding hydrogens is 142 g/mol. The third kappa shape index (κ3) is 2.19. The van der Waals surface area contributed by atoms with E-state index in [0.717, 1.165) is 13.0 Å². The van der Waals surface area contributed by atoms with Crippen LogP contribution in [0.4, 0.5) is 0 Å². The van der Waals surface area contributed by atoms with Crippen LogP contribution in [0.1, 0.15) is 26.7 Å².